The molecule has 1 aliphatic rings. The highest BCUT2D eigenvalue weighted by Crippen LogP contribution is 2.36. The van der Waals surface area contributed by atoms with Crippen LogP contribution in [-0.2, 0) is 33.8 Å². The predicted molar refractivity (Wildman–Crippen MR) is 147 cm³/mol. The van der Waals surface area contributed by atoms with Gasteiger partial charge in [0.05, 0.1) is 11.7 Å². The van der Waals surface area contributed by atoms with Crippen LogP contribution in [-0.4, -0.2) is 36.1 Å². The smallest absolute Gasteiger partial charge is 0.408 e. The first-order chi connectivity index (χ1) is 17.5. The van der Waals surface area contributed by atoms with Crippen LogP contribution >= 0.6 is 15.9 Å². The Kier molecular flexibility index (Phi) is 8.94. The molecular weight excluding hydrogens is 578 g/mol. The van der Waals surface area contributed by atoms with Crippen molar-refractivity contribution in [2.24, 2.45) is 0 Å². The Labute approximate surface area is 232 Å². The van der Waals surface area contributed by atoms with Gasteiger partial charge >= 0.3 is 6.09 Å². The monoisotopic (exact) mass is 610 g/mol. The van der Waals surface area contributed by atoms with Gasteiger partial charge in [0.2, 0.25) is 0 Å². The van der Waals surface area contributed by atoms with Gasteiger partial charge in [-0.25, -0.2) is 27.0 Å². The van der Waals surface area contributed by atoms with E-state index in [9.17, 15) is 22.0 Å². The molecule has 0 saturated carbocycles. The molecule has 6 nitrogen and oxygen atoms in total. The molecule has 0 saturated heterocycles. The summed E-state index contributed by atoms with van der Waals surface area (Å²) in [4.78, 5) is 17.6. The van der Waals surface area contributed by atoms with Crippen molar-refractivity contribution in [3.8, 4) is 11.8 Å². The lowest BCUT2D eigenvalue weighted by Crippen LogP contribution is -2.36. The SMILES string of the molecule is CC(C)(C)OC(=O)N[C@@H](Cc1cc(F)cc(F)c1)c1nc(C#CC(C)(C)S(C)(=O)=O)c2c(c1Br)CCCC2. The molecule has 206 valence electrons. The van der Waals surface area contributed by atoms with Gasteiger partial charge in [-0.2, -0.15) is 0 Å². The van der Waals surface area contributed by atoms with Gasteiger partial charge in [0.1, 0.15) is 27.7 Å². The van der Waals surface area contributed by atoms with E-state index < -0.39 is 44.0 Å². The van der Waals surface area contributed by atoms with Gasteiger partial charge in [-0.1, -0.05) is 5.92 Å². The van der Waals surface area contributed by atoms with Crippen molar-refractivity contribution in [3.63, 3.8) is 0 Å². The summed E-state index contributed by atoms with van der Waals surface area (Å²) < 4.78 is 57.3. The number of carbonyl (C=O) groups excluding carboxylic acids is 1. The number of hydrogen-bond donors (Lipinski definition) is 1. The number of pyridine rings is 1. The lowest BCUT2D eigenvalue weighted by atomic mass is 9.89. The van der Waals surface area contributed by atoms with Crippen LogP contribution in [0.3, 0.4) is 0 Å². The van der Waals surface area contributed by atoms with Crippen LogP contribution in [0.1, 0.15) is 81.6 Å². The van der Waals surface area contributed by atoms with Crippen LogP contribution < -0.4 is 5.32 Å². The number of fused-ring (bicyclic) bond motifs is 1. The maximum Gasteiger partial charge on any atom is 0.408 e. The van der Waals surface area contributed by atoms with Gasteiger partial charge in [0.15, 0.2) is 9.84 Å². The summed E-state index contributed by atoms with van der Waals surface area (Å²) in [6.45, 7) is 8.26. The minimum atomic E-state index is -3.47. The van der Waals surface area contributed by atoms with E-state index in [0.717, 1.165) is 49.1 Å². The fourth-order valence-corrected chi connectivity index (χ4v) is 5.11. The third-order valence-electron chi connectivity index (χ3n) is 6.27. The van der Waals surface area contributed by atoms with Crippen LogP contribution in [0.15, 0.2) is 22.7 Å². The molecule has 0 fully saturated rings. The van der Waals surface area contributed by atoms with Crippen LogP contribution in [0.4, 0.5) is 13.6 Å². The highest BCUT2D eigenvalue weighted by atomic mass is 79.9. The van der Waals surface area contributed by atoms with Gasteiger partial charge in [-0.05, 0) is 117 Å². The number of nitrogens with zero attached hydrogens (tertiary/aromatic N) is 1. The lowest BCUT2D eigenvalue weighted by molar-refractivity contribution is 0.0502. The maximum absolute atomic E-state index is 14.0. The number of amides is 1. The molecule has 1 atom stereocenters. The van der Waals surface area contributed by atoms with E-state index in [4.69, 9.17) is 9.72 Å². The first-order valence-corrected chi connectivity index (χ1v) is 15.0. The molecule has 1 heterocycles. The molecule has 1 aromatic heterocycles. The van der Waals surface area contributed by atoms with Crippen molar-refractivity contribution in [1.82, 2.24) is 10.3 Å². The number of nitrogens with one attached hydrogen (secondary N) is 1. The van der Waals surface area contributed by atoms with E-state index in [1.807, 2.05) is 0 Å². The summed E-state index contributed by atoms with van der Waals surface area (Å²) >= 11 is 3.67. The number of benzene rings is 1. The molecule has 0 aliphatic heterocycles. The number of alkyl carbamates (subject to hydrolysis) is 1. The molecule has 0 radical (unpaired) electrons. The van der Waals surface area contributed by atoms with Crippen molar-refractivity contribution in [2.75, 3.05) is 6.26 Å². The third kappa shape index (κ3) is 7.54. The van der Waals surface area contributed by atoms with E-state index >= 15 is 0 Å². The summed E-state index contributed by atoms with van der Waals surface area (Å²) in [5.74, 6) is 4.38. The summed E-state index contributed by atoms with van der Waals surface area (Å²) in [5, 5.41) is 2.81. The molecule has 0 bridgehead atoms. The van der Waals surface area contributed by atoms with Crippen molar-refractivity contribution in [2.45, 2.75) is 83.1 Å². The summed E-state index contributed by atoms with van der Waals surface area (Å²) in [6.07, 6.45) is 3.79. The molecule has 1 aromatic carbocycles. The van der Waals surface area contributed by atoms with Crippen molar-refractivity contribution in [1.29, 1.82) is 0 Å². The Bertz CT molecular complexity index is 1390. The first kappa shape index (κ1) is 30.0. The molecule has 0 unspecified atom stereocenters. The number of sulfone groups is 1. The predicted octanol–water partition coefficient (Wildman–Crippen LogP) is 5.98. The van der Waals surface area contributed by atoms with Crippen molar-refractivity contribution in [3.05, 3.63) is 62.4 Å². The first-order valence-electron chi connectivity index (χ1n) is 12.4. The fourth-order valence-electron chi connectivity index (χ4n) is 4.07. The Morgan fingerprint density at radius 2 is 1.68 bits per heavy atom. The third-order valence-corrected chi connectivity index (χ3v) is 9.11. The van der Waals surface area contributed by atoms with Gasteiger partial charge in [-0.15, -0.1) is 0 Å². The van der Waals surface area contributed by atoms with E-state index in [1.165, 1.54) is 26.0 Å². The molecule has 38 heavy (non-hydrogen) atoms. The fraction of sp³-hybridized carbons (Fsp3) is 0.500. The zero-order valence-corrected chi connectivity index (χ0v) is 24.9. The normalized spacial score (nSPS) is 14.7. The van der Waals surface area contributed by atoms with E-state index in [0.29, 0.717) is 21.4 Å². The minimum Gasteiger partial charge on any atom is -0.444 e. The highest BCUT2D eigenvalue weighted by molar-refractivity contribution is 9.10. The standard InChI is InChI=1S/C28H33BrF2N2O4S/c1-27(2,3)37-26(34)33-23(15-17-13-18(30)16-19(31)14-17)25-24(29)21-10-8-7-9-20(21)22(32-25)11-12-28(4,5)38(6,35)36/h13-14,16,23H,7-10,15H2,1-6H3,(H,33,34)/t23-/m0/s1. The molecule has 1 amide bonds. The van der Waals surface area contributed by atoms with Gasteiger partial charge < -0.3 is 10.1 Å². The van der Waals surface area contributed by atoms with Gasteiger partial charge in [0, 0.05) is 16.8 Å². The second-order valence-corrected chi connectivity index (χ2v) is 14.4. The number of halogens is 3. The number of hydrogen-bond acceptors (Lipinski definition) is 5. The molecule has 1 aliphatic carbocycles. The number of ether oxygens (including phenoxy) is 1. The summed E-state index contributed by atoms with van der Waals surface area (Å²) in [7, 11) is -3.47. The summed E-state index contributed by atoms with van der Waals surface area (Å²) in [5.41, 5.74) is 2.30. The average Bonchev–Trinajstić information content (AvgIpc) is 2.75. The molecule has 0 spiro atoms. The molecule has 1 N–H and O–H groups in total. The van der Waals surface area contributed by atoms with Crippen molar-refractivity contribution >= 4 is 31.9 Å². The van der Waals surface area contributed by atoms with Crippen LogP contribution in [0.5, 0.6) is 0 Å². The Balaban J connectivity index is 2.17. The zero-order valence-electron chi connectivity index (χ0n) is 22.5. The second kappa shape index (κ2) is 11.3. The topological polar surface area (TPSA) is 85.4 Å². The minimum absolute atomic E-state index is 0.0278. The van der Waals surface area contributed by atoms with Crippen LogP contribution in [0, 0.1) is 23.5 Å². The van der Waals surface area contributed by atoms with Gasteiger partial charge in [0.25, 0.3) is 0 Å². The Morgan fingerprint density at radius 3 is 2.24 bits per heavy atom. The van der Waals surface area contributed by atoms with E-state index in [-0.39, 0.29) is 6.42 Å². The Hall–Kier alpha value is -2.51. The van der Waals surface area contributed by atoms with Crippen molar-refractivity contribution < 1.29 is 26.7 Å². The maximum atomic E-state index is 14.0. The molecule has 10 heteroatoms. The number of carbonyl (C=O) groups is 1. The highest BCUT2D eigenvalue weighted by Gasteiger charge is 2.30. The second-order valence-electron chi connectivity index (χ2n) is 11.0. The van der Waals surface area contributed by atoms with Crippen LogP contribution in [0.2, 0.25) is 0 Å². The van der Waals surface area contributed by atoms with Gasteiger partial charge in [-0.3, -0.25) is 0 Å². The van der Waals surface area contributed by atoms with E-state index in [1.54, 1.807) is 20.8 Å². The number of aromatic nitrogens is 1. The lowest BCUT2D eigenvalue weighted by Gasteiger charge is -2.27. The Morgan fingerprint density at radius 1 is 1.11 bits per heavy atom. The number of rotatable bonds is 5. The molecule has 2 aromatic rings. The van der Waals surface area contributed by atoms with Crippen LogP contribution in [0.25, 0.3) is 0 Å². The quantitative estimate of drug-likeness (QED) is 0.421. The molecular formula is C28H33BrF2N2O4S. The summed E-state index contributed by atoms with van der Waals surface area (Å²) in [6, 6.07) is 2.36. The zero-order chi connectivity index (χ0) is 28.5. The van der Waals surface area contributed by atoms with E-state index in [2.05, 4.69) is 33.1 Å². The largest absolute Gasteiger partial charge is 0.444 e. The average molecular weight is 612 g/mol. The molecule has 3 rings (SSSR count).